The van der Waals surface area contributed by atoms with Crippen molar-refractivity contribution in [1.29, 1.82) is 0 Å². The molecule has 0 atom stereocenters. The van der Waals surface area contributed by atoms with Gasteiger partial charge in [-0.15, -0.1) is 0 Å². The number of hydrogen-bond donors (Lipinski definition) is 0. The summed E-state index contributed by atoms with van der Waals surface area (Å²) in [7, 11) is 0. The molecule has 1 aromatic rings. The normalized spacial score (nSPS) is 7.62. The van der Waals surface area contributed by atoms with Gasteiger partial charge in [0.1, 0.15) is 5.82 Å². The maximum atomic E-state index is 11.9. The summed E-state index contributed by atoms with van der Waals surface area (Å²) in [6.45, 7) is 0. The van der Waals surface area contributed by atoms with Crippen LogP contribution in [0, 0.1) is 11.9 Å². The molecule has 0 aliphatic heterocycles. The SMILES string of the molecule is Fc1cc[c]cc1.[LiH]. The van der Waals surface area contributed by atoms with Gasteiger partial charge in [-0.05, 0) is 18.2 Å². The van der Waals surface area contributed by atoms with Crippen LogP contribution < -0.4 is 0 Å². The Hall–Kier alpha value is -0.253. The molecule has 0 bridgehead atoms. The summed E-state index contributed by atoms with van der Waals surface area (Å²) in [5, 5.41) is 0. The van der Waals surface area contributed by atoms with Crippen LogP contribution in [0.3, 0.4) is 0 Å². The van der Waals surface area contributed by atoms with Crippen molar-refractivity contribution in [2.75, 3.05) is 0 Å². The number of hydrogen-bond acceptors (Lipinski definition) is 0. The molecule has 0 saturated heterocycles. The van der Waals surface area contributed by atoms with Gasteiger partial charge in [0.2, 0.25) is 0 Å². The molecular weight excluding hydrogens is 98.0 g/mol. The van der Waals surface area contributed by atoms with E-state index in [-0.39, 0.29) is 24.7 Å². The van der Waals surface area contributed by atoms with Crippen LogP contribution in [0.15, 0.2) is 24.3 Å². The van der Waals surface area contributed by atoms with E-state index >= 15 is 0 Å². The third-order valence-corrected chi connectivity index (χ3v) is 0.678. The average Bonchev–Trinajstić information content (AvgIpc) is 1.69. The van der Waals surface area contributed by atoms with E-state index in [4.69, 9.17) is 0 Å². The Morgan fingerprint density at radius 1 is 1.25 bits per heavy atom. The van der Waals surface area contributed by atoms with Crippen LogP contribution in [0.5, 0.6) is 0 Å². The third kappa shape index (κ3) is 2.16. The van der Waals surface area contributed by atoms with Crippen molar-refractivity contribution in [3.8, 4) is 0 Å². The fraction of sp³-hybridized carbons (Fsp3) is 0. The van der Waals surface area contributed by atoms with E-state index in [1.165, 1.54) is 24.3 Å². The first kappa shape index (κ1) is 7.75. The van der Waals surface area contributed by atoms with Crippen LogP contribution in [0.25, 0.3) is 0 Å². The molecule has 0 aliphatic rings. The van der Waals surface area contributed by atoms with Crippen LogP contribution in [0.2, 0.25) is 0 Å². The minimum atomic E-state index is -0.209. The molecule has 0 N–H and O–H groups in total. The summed E-state index contributed by atoms with van der Waals surface area (Å²) in [6.07, 6.45) is 0. The summed E-state index contributed by atoms with van der Waals surface area (Å²) in [4.78, 5) is 0. The fourth-order valence-corrected chi connectivity index (χ4v) is 0.367. The van der Waals surface area contributed by atoms with E-state index < -0.39 is 0 Å². The molecule has 1 aromatic carbocycles. The van der Waals surface area contributed by atoms with E-state index in [1.807, 2.05) is 0 Å². The van der Waals surface area contributed by atoms with E-state index in [0.717, 1.165) is 0 Å². The van der Waals surface area contributed by atoms with Crippen molar-refractivity contribution in [2.45, 2.75) is 0 Å². The molecule has 0 heterocycles. The van der Waals surface area contributed by atoms with Crippen LogP contribution in [0.1, 0.15) is 0 Å². The molecule has 0 aliphatic carbocycles. The summed E-state index contributed by atoms with van der Waals surface area (Å²) in [6, 6.07) is 8.49. The van der Waals surface area contributed by atoms with Gasteiger partial charge in [0, 0.05) is 0 Å². The summed E-state index contributed by atoms with van der Waals surface area (Å²) >= 11 is 0. The first-order chi connectivity index (χ1) is 3.39. The Morgan fingerprint density at radius 2 is 1.75 bits per heavy atom. The molecular formula is C6H5FLi. The van der Waals surface area contributed by atoms with Gasteiger partial charge in [0.25, 0.3) is 0 Å². The van der Waals surface area contributed by atoms with E-state index in [0.29, 0.717) is 0 Å². The number of halogens is 1. The van der Waals surface area contributed by atoms with E-state index in [2.05, 4.69) is 6.07 Å². The van der Waals surface area contributed by atoms with Gasteiger partial charge in [-0.2, -0.15) is 0 Å². The monoisotopic (exact) mass is 103 g/mol. The molecule has 1 rings (SSSR count). The van der Waals surface area contributed by atoms with Gasteiger partial charge in [-0.1, -0.05) is 12.1 Å². The van der Waals surface area contributed by atoms with Gasteiger partial charge in [-0.3, -0.25) is 0 Å². The van der Waals surface area contributed by atoms with Gasteiger partial charge in [0.15, 0.2) is 0 Å². The first-order valence-corrected chi connectivity index (χ1v) is 2.01. The van der Waals surface area contributed by atoms with Crippen molar-refractivity contribution >= 4 is 18.9 Å². The third-order valence-electron chi connectivity index (χ3n) is 0.678. The molecule has 0 aromatic heterocycles. The second kappa shape index (κ2) is 3.71. The minimum absolute atomic E-state index is 0. The zero-order chi connectivity index (χ0) is 5.11. The summed E-state index contributed by atoms with van der Waals surface area (Å²) < 4.78 is 11.9. The molecule has 0 spiro atoms. The van der Waals surface area contributed by atoms with Crippen LogP contribution in [-0.4, -0.2) is 18.9 Å². The molecule has 0 saturated carbocycles. The van der Waals surface area contributed by atoms with Crippen molar-refractivity contribution in [3.05, 3.63) is 36.1 Å². The van der Waals surface area contributed by atoms with E-state index in [1.54, 1.807) is 0 Å². The Morgan fingerprint density at radius 3 is 2.00 bits per heavy atom. The average molecular weight is 103 g/mol. The van der Waals surface area contributed by atoms with Crippen LogP contribution in [0.4, 0.5) is 4.39 Å². The Kier molecular flexibility index (Phi) is 3.60. The number of rotatable bonds is 0. The summed E-state index contributed by atoms with van der Waals surface area (Å²) in [5.41, 5.74) is 0. The molecule has 8 heavy (non-hydrogen) atoms. The van der Waals surface area contributed by atoms with Crippen molar-refractivity contribution < 1.29 is 4.39 Å². The first-order valence-electron chi connectivity index (χ1n) is 2.01. The van der Waals surface area contributed by atoms with Crippen molar-refractivity contribution in [2.24, 2.45) is 0 Å². The molecule has 0 nitrogen and oxygen atoms in total. The van der Waals surface area contributed by atoms with Crippen LogP contribution in [-0.2, 0) is 0 Å². The molecule has 0 fully saturated rings. The van der Waals surface area contributed by atoms with Gasteiger partial charge in [0.05, 0.1) is 0 Å². The van der Waals surface area contributed by atoms with Gasteiger partial charge < -0.3 is 0 Å². The fourth-order valence-electron chi connectivity index (χ4n) is 0.367. The molecule has 1 radical (unpaired) electrons. The van der Waals surface area contributed by atoms with Gasteiger partial charge in [-0.25, -0.2) is 4.39 Å². The Bertz CT molecular complexity index is 138. The Labute approximate surface area is 59.9 Å². The second-order valence-corrected chi connectivity index (χ2v) is 1.22. The van der Waals surface area contributed by atoms with Crippen LogP contribution >= 0.6 is 0 Å². The quantitative estimate of drug-likeness (QED) is 0.429. The second-order valence-electron chi connectivity index (χ2n) is 1.22. The van der Waals surface area contributed by atoms with Gasteiger partial charge >= 0.3 is 18.9 Å². The summed E-state index contributed by atoms with van der Waals surface area (Å²) in [5.74, 6) is -0.209. The zero-order valence-corrected chi connectivity index (χ0v) is 3.69. The molecule has 2 heteroatoms. The zero-order valence-electron chi connectivity index (χ0n) is 3.69. The number of benzene rings is 1. The predicted octanol–water partition coefficient (Wildman–Crippen LogP) is 0.977. The standard InChI is InChI=1S/C6H4F.Li.H/c7-6-4-2-1-3-5-6;;/h2-5H;;. The Balaban J connectivity index is 0.000000490. The van der Waals surface area contributed by atoms with E-state index in [9.17, 15) is 4.39 Å². The molecule has 0 amide bonds. The van der Waals surface area contributed by atoms with Crippen molar-refractivity contribution in [3.63, 3.8) is 0 Å². The maximum absolute atomic E-state index is 11.9. The van der Waals surface area contributed by atoms with Crippen molar-refractivity contribution in [1.82, 2.24) is 0 Å². The molecule has 0 unspecified atom stereocenters. The molecule has 37 valence electrons. The topological polar surface area (TPSA) is 0 Å². The predicted molar refractivity (Wildman–Crippen MR) is 32.4 cm³/mol.